The summed E-state index contributed by atoms with van der Waals surface area (Å²) in [5, 5.41) is 24.5. The number of carbonyl (C=O) groups excluding carboxylic acids is 2. The Kier molecular flexibility index (Phi) is 8.25. The molecule has 2 aliphatic rings. The summed E-state index contributed by atoms with van der Waals surface area (Å²) in [4.78, 5) is 37.5. The van der Waals surface area contributed by atoms with Crippen LogP contribution in [0.5, 0.6) is 11.5 Å². The average Bonchev–Trinajstić information content (AvgIpc) is 3.59. The van der Waals surface area contributed by atoms with Gasteiger partial charge in [0.25, 0.3) is 15.7 Å². The van der Waals surface area contributed by atoms with E-state index in [-0.39, 0.29) is 40.0 Å². The molecule has 238 valence electrons. The lowest BCUT2D eigenvalue weighted by atomic mass is 9.83. The SMILES string of the molecule is COc1cc(F)c(-c2ccc(O)c(C(=O)O)c2)cc1C(=O)NC1C2CCC(C2)C1C(=O)Nc1cccc(S(=O)(=O)C(F)(F)F)c1. The predicted octanol–water partition coefficient (Wildman–Crippen LogP) is 4.98. The fourth-order valence-corrected chi connectivity index (χ4v) is 7.01. The number of sulfone groups is 1. The van der Waals surface area contributed by atoms with Gasteiger partial charge in [-0.3, -0.25) is 9.59 Å². The van der Waals surface area contributed by atoms with Crippen molar-refractivity contribution in [2.45, 2.75) is 35.7 Å². The molecule has 2 amide bonds. The number of carbonyl (C=O) groups is 3. The highest BCUT2D eigenvalue weighted by Gasteiger charge is 2.52. The summed E-state index contributed by atoms with van der Waals surface area (Å²) in [6.45, 7) is 0. The number of hydrogen-bond acceptors (Lipinski definition) is 7. The molecular formula is C30H26F4N2O8S. The maximum atomic E-state index is 15.1. The van der Waals surface area contributed by atoms with E-state index in [1.165, 1.54) is 19.2 Å². The minimum atomic E-state index is -5.65. The standard InChI is InChI=1S/C30H26F4N2O8S/c1-44-24-13-22(31)19(14-7-8-23(37)20(10-14)29(40)41)12-21(24)27(38)36-26-16-6-5-15(9-16)25(26)28(39)35-17-3-2-4-18(11-17)45(42,43)30(32,33)34/h2-4,7-8,10-13,15-16,25-26,37H,5-6,9H2,1H3,(H,35,39)(H,36,38)(H,40,41). The van der Waals surface area contributed by atoms with Crippen LogP contribution in [0.25, 0.3) is 11.1 Å². The van der Waals surface area contributed by atoms with Crippen LogP contribution in [0.15, 0.2) is 59.5 Å². The van der Waals surface area contributed by atoms with Gasteiger partial charge in [-0.25, -0.2) is 17.6 Å². The molecule has 10 nitrogen and oxygen atoms in total. The van der Waals surface area contributed by atoms with Gasteiger partial charge in [-0.05, 0) is 73.1 Å². The van der Waals surface area contributed by atoms with Crippen LogP contribution in [0, 0.1) is 23.6 Å². The van der Waals surface area contributed by atoms with E-state index < -0.39 is 67.1 Å². The number of benzene rings is 3. The summed E-state index contributed by atoms with van der Waals surface area (Å²) in [5.41, 5.74) is -6.39. The van der Waals surface area contributed by atoms with Crippen LogP contribution in [0.3, 0.4) is 0 Å². The highest BCUT2D eigenvalue weighted by Crippen LogP contribution is 2.49. The van der Waals surface area contributed by atoms with Crippen LogP contribution in [0.2, 0.25) is 0 Å². The van der Waals surface area contributed by atoms with Crippen LogP contribution in [0.1, 0.15) is 40.0 Å². The van der Waals surface area contributed by atoms with Crippen molar-refractivity contribution < 1.29 is 55.3 Å². The molecule has 4 unspecified atom stereocenters. The topological polar surface area (TPSA) is 159 Å². The third-order valence-electron chi connectivity index (χ3n) is 8.31. The van der Waals surface area contributed by atoms with Gasteiger partial charge < -0.3 is 25.6 Å². The zero-order chi connectivity index (χ0) is 32.8. The van der Waals surface area contributed by atoms with Gasteiger partial charge in [0.15, 0.2) is 0 Å². The first-order valence-electron chi connectivity index (χ1n) is 13.6. The molecule has 0 aromatic heterocycles. The fourth-order valence-electron chi connectivity index (χ4n) is 6.20. The molecule has 4 atom stereocenters. The van der Waals surface area contributed by atoms with Gasteiger partial charge in [0.2, 0.25) is 5.91 Å². The number of phenols is 1. The summed E-state index contributed by atoms with van der Waals surface area (Å²) < 4.78 is 83.2. The summed E-state index contributed by atoms with van der Waals surface area (Å²) in [7, 11) is -4.43. The number of aromatic carboxylic acids is 1. The maximum absolute atomic E-state index is 15.1. The number of amides is 2. The van der Waals surface area contributed by atoms with E-state index >= 15 is 4.39 Å². The van der Waals surface area contributed by atoms with E-state index in [0.29, 0.717) is 25.3 Å². The third kappa shape index (κ3) is 5.91. The highest BCUT2D eigenvalue weighted by atomic mass is 32.2. The number of halogens is 4. The molecule has 0 heterocycles. The first-order chi connectivity index (χ1) is 21.1. The van der Waals surface area contributed by atoms with Crippen LogP contribution < -0.4 is 15.4 Å². The lowest BCUT2D eigenvalue weighted by Crippen LogP contribution is -2.48. The van der Waals surface area contributed by atoms with Gasteiger partial charge in [-0.15, -0.1) is 0 Å². The van der Waals surface area contributed by atoms with Crippen molar-refractivity contribution in [3.05, 3.63) is 71.5 Å². The number of rotatable bonds is 8. The van der Waals surface area contributed by atoms with Gasteiger partial charge in [0, 0.05) is 23.4 Å². The average molecular weight is 651 g/mol. The van der Waals surface area contributed by atoms with Gasteiger partial charge in [0.1, 0.15) is 22.9 Å². The van der Waals surface area contributed by atoms with Crippen molar-refractivity contribution in [2.75, 3.05) is 12.4 Å². The van der Waals surface area contributed by atoms with Gasteiger partial charge >= 0.3 is 11.5 Å². The summed E-state index contributed by atoms with van der Waals surface area (Å²) in [6.07, 6.45) is 1.94. The first-order valence-corrected chi connectivity index (χ1v) is 15.1. The number of hydrogen-bond donors (Lipinski definition) is 4. The van der Waals surface area contributed by atoms with E-state index in [1.807, 2.05) is 0 Å². The van der Waals surface area contributed by atoms with Crippen molar-refractivity contribution >= 4 is 33.3 Å². The quantitative estimate of drug-likeness (QED) is 0.249. The summed E-state index contributed by atoms with van der Waals surface area (Å²) in [5.74, 6) is -5.40. The number of methoxy groups -OCH3 is 1. The Bertz CT molecular complexity index is 1810. The monoisotopic (exact) mass is 650 g/mol. The molecule has 0 spiro atoms. The van der Waals surface area contributed by atoms with Crippen molar-refractivity contribution in [2.24, 2.45) is 17.8 Å². The Morgan fingerprint density at radius 1 is 0.978 bits per heavy atom. The van der Waals surface area contributed by atoms with Crippen molar-refractivity contribution in [1.29, 1.82) is 0 Å². The second-order valence-electron chi connectivity index (χ2n) is 10.9. The minimum Gasteiger partial charge on any atom is -0.507 e. The maximum Gasteiger partial charge on any atom is 0.501 e. The Balaban J connectivity index is 1.41. The molecule has 45 heavy (non-hydrogen) atoms. The number of alkyl halides is 3. The Morgan fingerprint density at radius 3 is 2.36 bits per heavy atom. The molecule has 5 rings (SSSR count). The van der Waals surface area contributed by atoms with Gasteiger partial charge in [0.05, 0.1) is 23.5 Å². The number of aromatic hydroxyl groups is 1. The fraction of sp³-hybridized carbons (Fsp3) is 0.300. The van der Waals surface area contributed by atoms with Crippen LogP contribution in [0.4, 0.5) is 23.2 Å². The Labute approximate surface area is 253 Å². The van der Waals surface area contributed by atoms with Crippen LogP contribution >= 0.6 is 0 Å². The Morgan fingerprint density at radius 2 is 1.69 bits per heavy atom. The molecule has 2 bridgehead atoms. The first kappa shape index (κ1) is 31.8. The van der Waals surface area contributed by atoms with Crippen LogP contribution in [-0.4, -0.2) is 55.1 Å². The molecule has 0 aliphatic heterocycles. The molecular weight excluding hydrogens is 624 g/mol. The Hall–Kier alpha value is -4.66. The molecule has 3 aromatic carbocycles. The van der Waals surface area contributed by atoms with E-state index in [1.54, 1.807) is 0 Å². The molecule has 4 N–H and O–H groups in total. The molecule has 0 saturated heterocycles. The third-order valence-corrected chi connectivity index (χ3v) is 9.79. The predicted molar refractivity (Wildman–Crippen MR) is 151 cm³/mol. The molecule has 15 heteroatoms. The van der Waals surface area contributed by atoms with Gasteiger partial charge in [-0.2, -0.15) is 13.2 Å². The minimum absolute atomic E-state index is 0.0614. The van der Waals surface area contributed by atoms with Gasteiger partial charge in [-0.1, -0.05) is 12.1 Å². The number of fused-ring (bicyclic) bond motifs is 2. The number of carboxylic acids is 1. The van der Waals surface area contributed by atoms with E-state index in [0.717, 1.165) is 36.4 Å². The lowest BCUT2D eigenvalue weighted by molar-refractivity contribution is -0.122. The normalized spacial score (nSPS) is 20.9. The molecule has 2 saturated carbocycles. The highest BCUT2D eigenvalue weighted by molar-refractivity contribution is 7.92. The second kappa shape index (κ2) is 11.7. The van der Waals surface area contributed by atoms with E-state index in [4.69, 9.17) is 4.74 Å². The van der Waals surface area contributed by atoms with Crippen molar-refractivity contribution in [3.8, 4) is 22.6 Å². The number of ether oxygens (including phenoxy) is 1. The van der Waals surface area contributed by atoms with E-state index in [2.05, 4.69) is 10.6 Å². The van der Waals surface area contributed by atoms with Crippen LogP contribution in [-0.2, 0) is 14.6 Å². The molecule has 3 aromatic rings. The number of anilines is 1. The molecule has 2 aliphatic carbocycles. The number of carboxylic acid groups (broad SMARTS) is 1. The second-order valence-corrected chi connectivity index (χ2v) is 12.8. The summed E-state index contributed by atoms with van der Waals surface area (Å²) in [6, 6.07) is 8.60. The zero-order valence-corrected chi connectivity index (χ0v) is 24.2. The largest absolute Gasteiger partial charge is 0.507 e. The lowest BCUT2D eigenvalue weighted by Gasteiger charge is -2.31. The smallest absolute Gasteiger partial charge is 0.501 e. The molecule has 0 radical (unpaired) electrons. The zero-order valence-electron chi connectivity index (χ0n) is 23.4. The van der Waals surface area contributed by atoms with Crippen molar-refractivity contribution in [3.63, 3.8) is 0 Å². The molecule has 2 fully saturated rings. The van der Waals surface area contributed by atoms with Crippen molar-refractivity contribution in [1.82, 2.24) is 5.32 Å². The number of nitrogens with one attached hydrogen (secondary N) is 2. The van der Waals surface area contributed by atoms with E-state index in [9.17, 15) is 46.2 Å². The summed E-state index contributed by atoms with van der Waals surface area (Å²) >= 11 is 0.